The van der Waals surface area contributed by atoms with Crippen molar-refractivity contribution in [1.29, 1.82) is 0 Å². The molecule has 0 bridgehead atoms. The molecule has 0 fully saturated rings. The Labute approximate surface area is 211 Å². The lowest BCUT2D eigenvalue weighted by atomic mass is 10.0. The van der Waals surface area contributed by atoms with E-state index in [0.29, 0.717) is 23.6 Å². The molecule has 5 aromatic rings. The van der Waals surface area contributed by atoms with Crippen LogP contribution in [0.4, 0.5) is 5.82 Å². The van der Waals surface area contributed by atoms with Gasteiger partial charge in [0.2, 0.25) is 11.6 Å². The zero-order valence-electron chi connectivity index (χ0n) is 19.8. The summed E-state index contributed by atoms with van der Waals surface area (Å²) in [6, 6.07) is 25.0. The average Bonchev–Trinajstić information content (AvgIpc) is 3.56. The van der Waals surface area contributed by atoms with Crippen molar-refractivity contribution < 1.29 is 14.2 Å². The maximum atomic E-state index is 13.1. The highest BCUT2D eigenvalue weighted by Gasteiger charge is 2.25. The zero-order valence-corrected chi connectivity index (χ0v) is 19.8. The second kappa shape index (κ2) is 10.5. The molecule has 11 nitrogen and oxygen atoms in total. The SMILES string of the molecule is CCOc1cccc(-c2c(C(=O)N/N=C/c3ccc(-c4ccccc4)cc3)nnn2-c2nonc2N)c1. The van der Waals surface area contributed by atoms with Gasteiger partial charge in [-0.15, -0.1) is 5.10 Å². The van der Waals surface area contributed by atoms with Gasteiger partial charge in [0.15, 0.2) is 5.69 Å². The van der Waals surface area contributed by atoms with Crippen molar-refractivity contribution in [2.45, 2.75) is 6.92 Å². The van der Waals surface area contributed by atoms with E-state index in [0.717, 1.165) is 16.7 Å². The van der Waals surface area contributed by atoms with Crippen LogP contribution in [0.2, 0.25) is 0 Å². The van der Waals surface area contributed by atoms with Gasteiger partial charge in [-0.05, 0) is 46.1 Å². The molecule has 0 radical (unpaired) electrons. The first-order valence-corrected chi connectivity index (χ1v) is 11.4. The molecule has 0 unspecified atom stereocenters. The van der Waals surface area contributed by atoms with Gasteiger partial charge < -0.3 is 10.5 Å². The third-order valence-corrected chi connectivity index (χ3v) is 5.40. The highest BCUT2D eigenvalue weighted by Crippen LogP contribution is 2.29. The van der Waals surface area contributed by atoms with Crippen LogP contribution in [-0.2, 0) is 0 Å². The summed E-state index contributed by atoms with van der Waals surface area (Å²) in [7, 11) is 0. The number of benzene rings is 3. The third-order valence-electron chi connectivity index (χ3n) is 5.40. The number of aromatic nitrogens is 5. The number of anilines is 1. The van der Waals surface area contributed by atoms with E-state index in [1.165, 1.54) is 4.68 Å². The fourth-order valence-electron chi connectivity index (χ4n) is 3.69. The lowest BCUT2D eigenvalue weighted by molar-refractivity contribution is 0.0950. The monoisotopic (exact) mass is 494 g/mol. The number of hydrazone groups is 1. The Morgan fingerprint density at radius 1 is 1.03 bits per heavy atom. The van der Waals surface area contributed by atoms with Crippen molar-refractivity contribution in [3.63, 3.8) is 0 Å². The number of nitrogens with one attached hydrogen (secondary N) is 1. The fraction of sp³-hybridized carbons (Fsp3) is 0.0769. The molecule has 5 rings (SSSR count). The minimum Gasteiger partial charge on any atom is -0.494 e. The Morgan fingerprint density at radius 3 is 2.51 bits per heavy atom. The van der Waals surface area contributed by atoms with E-state index >= 15 is 0 Å². The van der Waals surface area contributed by atoms with Gasteiger partial charge in [0.25, 0.3) is 5.91 Å². The molecule has 3 aromatic carbocycles. The smallest absolute Gasteiger partial charge is 0.294 e. The van der Waals surface area contributed by atoms with Crippen molar-refractivity contribution in [3.05, 3.63) is 90.1 Å². The molecule has 3 N–H and O–H groups in total. The maximum Gasteiger partial charge on any atom is 0.294 e. The summed E-state index contributed by atoms with van der Waals surface area (Å²) < 4.78 is 11.6. The van der Waals surface area contributed by atoms with E-state index in [1.807, 2.05) is 61.5 Å². The minimum atomic E-state index is -0.574. The molecular weight excluding hydrogens is 472 g/mol. The molecule has 11 heteroatoms. The molecule has 0 atom stereocenters. The number of amides is 1. The van der Waals surface area contributed by atoms with E-state index in [9.17, 15) is 4.79 Å². The third kappa shape index (κ3) is 5.05. The maximum absolute atomic E-state index is 13.1. The highest BCUT2D eigenvalue weighted by atomic mass is 16.6. The van der Waals surface area contributed by atoms with Gasteiger partial charge in [-0.25, -0.2) is 10.1 Å². The Kier molecular flexibility index (Phi) is 6.66. The van der Waals surface area contributed by atoms with E-state index in [4.69, 9.17) is 15.1 Å². The summed E-state index contributed by atoms with van der Waals surface area (Å²) in [5, 5.41) is 19.6. The van der Waals surface area contributed by atoms with Crippen LogP contribution >= 0.6 is 0 Å². The van der Waals surface area contributed by atoms with Crippen molar-refractivity contribution in [3.8, 4) is 34.0 Å². The number of nitrogens with two attached hydrogens (primary N) is 1. The second-order valence-corrected chi connectivity index (χ2v) is 7.82. The van der Waals surface area contributed by atoms with Gasteiger partial charge in [-0.1, -0.05) is 71.9 Å². The highest BCUT2D eigenvalue weighted by molar-refractivity contribution is 5.99. The number of carbonyl (C=O) groups excluding carboxylic acids is 1. The summed E-state index contributed by atoms with van der Waals surface area (Å²) in [5.41, 5.74) is 12.3. The molecule has 2 heterocycles. The van der Waals surface area contributed by atoms with E-state index in [-0.39, 0.29) is 17.3 Å². The first-order valence-electron chi connectivity index (χ1n) is 11.4. The largest absolute Gasteiger partial charge is 0.494 e. The number of carbonyl (C=O) groups is 1. The Morgan fingerprint density at radius 2 is 1.78 bits per heavy atom. The molecule has 2 aromatic heterocycles. The topological polar surface area (TPSA) is 146 Å². The van der Waals surface area contributed by atoms with Crippen molar-refractivity contribution in [2.75, 3.05) is 12.3 Å². The van der Waals surface area contributed by atoms with Crippen LogP contribution in [0.1, 0.15) is 23.0 Å². The fourth-order valence-corrected chi connectivity index (χ4v) is 3.69. The Hall–Kier alpha value is -5.32. The zero-order chi connectivity index (χ0) is 25.6. The van der Waals surface area contributed by atoms with Gasteiger partial charge in [0.1, 0.15) is 11.4 Å². The number of rotatable bonds is 8. The van der Waals surface area contributed by atoms with Crippen molar-refractivity contribution in [2.24, 2.45) is 5.10 Å². The summed E-state index contributed by atoms with van der Waals surface area (Å²) in [6.07, 6.45) is 1.55. The molecule has 0 aliphatic carbocycles. The normalized spacial score (nSPS) is 11.1. The van der Waals surface area contributed by atoms with Crippen LogP contribution in [0.25, 0.3) is 28.2 Å². The lowest BCUT2D eigenvalue weighted by Gasteiger charge is -2.08. The van der Waals surface area contributed by atoms with Crippen LogP contribution in [0.3, 0.4) is 0 Å². The van der Waals surface area contributed by atoms with Crippen LogP contribution in [0.5, 0.6) is 5.75 Å². The first kappa shape index (κ1) is 23.4. The van der Waals surface area contributed by atoms with E-state index in [2.05, 4.69) is 31.2 Å². The van der Waals surface area contributed by atoms with E-state index < -0.39 is 5.91 Å². The number of nitrogen functional groups attached to an aromatic ring is 1. The predicted molar refractivity (Wildman–Crippen MR) is 137 cm³/mol. The summed E-state index contributed by atoms with van der Waals surface area (Å²) in [6.45, 7) is 2.36. The van der Waals surface area contributed by atoms with E-state index in [1.54, 1.807) is 30.5 Å². The van der Waals surface area contributed by atoms with Crippen LogP contribution in [0, 0.1) is 0 Å². The van der Waals surface area contributed by atoms with Crippen LogP contribution < -0.4 is 15.9 Å². The average molecular weight is 495 g/mol. The summed E-state index contributed by atoms with van der Waals surface area (Å²) in [4.78, 5) is 13.1. The molecule has 0 saturated heterocycles. The van der Waals surface area contributed by atoms with Gasteiger partial charge in [0, 0.05) is 5.56 Å². The lowest BCUT2D eigenvalue weighted by Crippen LogP contribution is -2.19. The molecule has 37 heavy (non-hydrogen) atoms. The molecule has 184 valence electrons. The van der Waals surface area contributed by atoms with Gasteiger partial charge in [0.05, 0.1) is 12.8 Å². The molecular formula is C26H22N8O3. The molecule has 1 amide bonds. The second-order valence-electron chi connectivity index (χ2n) is 7.82. The number of hydrogen-bond acceptors (Lipinski definition) is 9. The number of nitrogens with zero attached hydrogens (tertiary/aromatic N) is 6. The summed E-state index contributed by atoms with van der Waals surface area (Å²) in [5.74, 6) is 0.138. The molecule has 0 aliphatic heterocycles. The van der Waals surface area contributed by atoms with Gasteiger partial charge >= 0.3 is 0 Å². The quantitative estimate of drug-likeness (QED) is 0.245. The Balaban J connectivity index is 1.40. The molecule has 0 saturated carbocycles. The Bertz CT molecular complexity index is 1540. The predicted octanol–water partition coefficient (Wildman–Crippen LogP) is 3.73. The van der Waals surface area contributed by atoms with Crippen LogP contribution in [0.15, 0.2) is 88.6 Å². The van der Waals surface area contributed by atoms with Gasteiger partial charge in [-0.3, -0.25) is 4.79 Å². The number of hydrogen-bond donors (Lipinski definition) is 2. The van der Waals surface area contributed by atoms with Crippen molar-refractivity contribution >= 4 is 17.9 Å². The summed E-state index contributed by atoms with van der Waals surface area (Å²) >= 11 is 0. The standard InChI is InChI=1S/C26H22N8O3/c1-2-36-21-10-6-9-20(15-21)23-22(29-33-34(23)25-24(27)31-37-32-25)26(35)30-28-16-17-11-13-19(14-12-17)18-7-4-3-5-8-18/h3-16H,2H2,1H3,(H2,27,31)(H,30,35)/b28-16+. The first-order chi connectivity index (χ1) is 18.1. The minimum absolute atomic E-state index is 0.00367. The number of ether oxygens (including phenoxy) is 1. The van der Waals surface area contributed by atoms with Crippen molar-refractivity contribution in [1.82, 2.24) is 30.7 Å². The van der Waals surface area contributed by atoms with Crippen LogP contribution in [-0.4, -0.2) is 44.0 Å². The molecule has 0 aliphatic rings. The van der Waals surface area contributed by atoms with Gasteiger partial charge in [-0.2, -0.15) is 9.78 Å². The molecule has 0 spiro atoms.